The zero-order chi connectivity index (χ0) is 14.9. The smallest absolute Gasteiger partial charge is 0.307 e. The van der Waals surface area contributed by atoms with Crippen molar-refractivity contribution in [1.82, 2.24) is 10.1 Å². The van der Waals surface area contributed by atoms with Crippen LogP contribution >= 0.6 is 0 Å². The first kappa shape index (κ1) is 14.2. The molecule has 0 bridgehead atoms. The normalized spacial score (nSPS) is 14.0. The molecular weight excluding hydrogens is 263 g/mol. The summed E-state index contributed by atoms with van der Waals surface area (Å²) >= 11 is 0. The van der Waals surface area contributed by atoms with Gasteiger partial charge < -0.3 is 9.63 Å². The van der Waals surface area contributed by atoms with Crippen LogP contribution < -0.4 is 0 Å². The Kier molecular flexibility index (Phi) is 3.83. The molecule has 2 aromatic rings. The van der Waals surface area contributed by atoms with E-state index in [0.29, 0.717) is 5.56 Å². The summed E-state index contributed by atoms with van der Waals surface area (Å²) in [6.45, 7) is 5.04. The third kappa shape index (κ3) is 2.84. The van der Waals surface area contributed by atoms with Gasteiger partial charge in [0.25, 0.3) is 0 Å². The largest absolute Gasteiger partial charge is 0.481 e. The molecule has 1 aromatic heterocycles. The number of rotatable bonds is 4. The van der Waals surface area contributed by atoms with Crippen molar-refractivity contribution in [2.75, 3.05) is 0 Å². The van der Waals surface area contributed by atoms with Gasteiger partial charge in [-0.05, 0) is 30.7 Å². The third-order valence-electron chi connectivity index (χ3n) is 3.27. The maximum absolute atomic E-state index is 13.3. The maximum atomic E-state index is 13.3. The van der Waals surface area contributed by atoms with Gasteiger partial charge in [0.05, 0.1) is 5.92 Å². The second kappa shape index (κ2) is 5.40. The van der Waals surface area contributed by atoms with Gasteiger partial charge in [0.15, 0.2) is 0 Å². The molecule has 1 aromatic carbocycles. The van der Waals surface area contributed by atoms with E-state index < -0.39 is 17.8 Å². The van der Waals surface area contributed by atoms with E-state index in [1.165, 1.54) is 12.1 Å². The number of carboxylic acid groups (broad SMARTS) is 1. The molecule has 0 saturated heterocycles. The van der Waals surface area contributed by atoms with Crippen LogP contribution in [0.25, 0.3) is 11.4 Å². The van der Waals surface area contributed by atoms with Crippen LogP contribution in [0.3, 0.4) is 0 Å². The van der Waals surface area contributed by atoms with Crippen LogP contribution in [-0.2, 0) is 4.79 Å². The van der Waals surface area contributed by atoms with Crippen LogP contribution in [0.5, 0.6) is 0 Å². The van der Waals surface area contributed by atoms with Crippen molar-refractivity contribution < 1.29 is 18.8 Å². The van der Waals surface area contributed by atoms with Gasteiger partial charge in [-0.2, -0.15) is 4.98 Å². The number of carboxylic acids is 1. The van der Waals surface area contributed by atoms with Gasteiger partial charge in [-0.25, -0.2) is 4.39 Å². The van der Waals surface area contributed by atoms with E-state index in [9.17, 15) is 9.18 Å². The Balaban J connectivity index is 2.31. The van der Waals surface area contributed by atoms with Gasteiger partial charge in [-0.1, -0.05) is 19.0 Å². The summed E-state index contributed by atoms with van der Waals surface area (Å²) in [5.41, 5.74) is 1.26. The monoisotopic (exact) mass is 278 g/mol. The molecule has 5 nitrogen and oxygen atoms in total. The average molecular weight is 278 g/mol. The van der Waals surface area contributed by atoms with Crippen molar-refractivity contribution in [2.45, 2.75) is 26.7 Å². The van der Waals surface area contributed by atoms with Crippen molar-refractivity contribution in [3.63, 3.8) is 0 Å². The number of hydrogen-bond acceptors (Lipinski definition) is 4. The number of aliphatic carboxylic acids is 1. The Morgan fingerprint density at radius 2 is 2.05 bits per heavy atom. The second-order valence-electron chi connectivity index (χ2n) is 4.89. The Labute approximate surface area is 115 Å². The molecule has 0 aliphatic heterocycles. The van der Waals surface area contributed by atoms with Crippen molar-refractivity contribution >= 4 is 5.97 Å². The molecule has 1 heterocycles. The van der Waals surface area contributed by atoms with Crippen LogP contribution in [0.2, 0.25) is 0 Å². The Morgan fingerprint density at radius 1 is 1.35 bits per heavy atom. The number of benzene rings is 1. The maximum Gasteiger partial charge on any atom is 0.307 e. The van der Waals surface area contributed by atoms with E-state index in [-0.39, 0.29) is 17.5 Å². The predicted molar refractivity (Wildman–Crippen MR) is 69.6 cm³/mol. The number of hydrogen-bond donors (Lipinski definition) is 1. The van der Waals surface area contributed by atoms with E-state index in [0.717, 1.165) is 5.56 Å². The topological polar surface area (TPSA) is 76.2 Å². The number of aromatic nitrogens is 2. The molecule has 0 aliphatic rings. The van der Waals surface area contributed by atoms with Crippen molar-refractivity contribution in [2.24, 2.45) is 5.92 Å². The van der Waals surface area contributed by atoms with E-state index in [2.05, 4.69) is 10.1 Å². The molecule has 0 aliphatic carbocycles. The zero-order valence-electron chi connectivity index (χ0n) is 11.4. The van der Waals surface area contributed by atoms with Gasteiger partial charge in [0, 0.05) is 11.5 Å². The van der Waals surface area contributed by atoms with Gasteiger partial charge in [-0.15, -0.1) is 0 Å². The lowest BCUT2D eigenvalue weighted by molar-refractivity contribution is -0.141. The lowest BCUT2D eigenvalue weighted by atomic mass is 9.96. The minimum Gasteiger partial charge on any atom is -0.481 e. The summed E-state index contributed by atoms with van der Waals surface area (Å²) in [6.07, 6.45) is 0. The van der Waals surface area contributed by atoms with Crippen molar-refractivity contribution in [1.29, 1.82) is 0 Å². The highest BCUT2D eigenvalue weighted by Crippen LogP contribution is 2.26. The quantitative estimate of drug-likeness (QED) is 0.930. The highest BCUT2D eigenvalue weighted by Gasteiger charge is 2.26. The Morgan fingerprint density at radius 3 is 2.65 bits per heavy atom. The summed E-state index contributed by atoms with van der Waals surface area (Å²) in [6, 6.07) is 4.45. The van der Waals surface area contributed by atoms with Crippen LogP contribution in [0.4, 0.5) is 4.39 Å². The van der Waals surface area contributed by atoms with Crippen LogP contribution in [0, 0.1) is 18.7 Å². The molecular formula is C14H15FN2O3. The minimum absolute atomic E-state index is 0.233. The van der Waals surface area contributed by atoms with Crippen LogP contribution in [-0.4, -0.2) is 21.2 Å². The number of carbonyl (C=O) groups is 1. The Bertz CT molecular complexity index is 619. The molecule has 0 fully saturated rings. The average Bonchev–Trinajstić information content (AvgIpc) is 2.85. The lowest BCUT2D eigenvalue weighted by Crippen LogP contribution is -2.16. The second-order valence-corrected chi connectivity index (χ2v) is 4.89. The first-order valence-corrected chi connectivity index (χ1v) is 6.22. The van der Waals surface area contributed by atoms with Gasteiger partial charge in [0.2, 0.25) is 11.7 Å². The van der Waals surface area contributed by atoms with Gasteiger partial charge >= 0.3 is 5.97 Å². The first-order chi connectivity index (χ1) is 9.38. The molecule has 2 unspecified atom stereocenters. The summed E-state index contributed by atoms with van der Waals surface area (Å²) in [4.78, 5) is 15.1. The van der Waals surface area contributed by atoms with E-state index in [1.54, 1.807) is 26.8 Å². The highest BCUT2D eigenvalue weighted by atomic mass is 19.1. The minimum atomic E-state index is -0.932. The molecule has 2 rings (SSSR count). The molecule has 2 atom stereocenters. The fourth-order valence-electron chi connectivity index (χ4n) is 1.83. The third-order valence-corrected chi connectivity index (χ3v) is 3.27. The van der Waals surface area contributed by atoms with Gasteiger partial charge in [0.1, 0.15) is 5.82 Å². The number of nitrogens with zero attached hydrogens (tertiary/aromatic N) is 2. The van der Waals surface area contributed by atoms with E-state index in [4.69, 9.17) is 9.63 Å². The standard InChI is InChI=1S/C14H15FN2O3/c1-7-4-10(6-11(15)5-7)12-16-13(20-17-12)8(2)9(3)14(18)19/h4-6,8-9H,1-3H3,(H,18,19). The molecule has 0 saturated carbocycles. The summed E-state index contributed by atoms with van der Waals surface area (Å²) < 4.78 is 18.4. The summed E-state index contributed by atoms with van der Waals surface area (Å²) in [7, 11) is 0. The molecule has 1 N–H and O–H groups in total. The first-order valence-electron chi connectivity index (χ1n) is 6.22. The molecule has 0 radical (unpaired) electrons. The molecule has 0 amide bonds. The SMILES string of the molecule is Cc1cc(F)cc(-c2noc(C(C)C(C)C(=O)O)n2)c1. The molecule has 20 heavy (non-hydrogen) atoms. The highest BCUT2D eigenvalue weighted by molar-refractivity contribution is 5.70. The zero-order valence-corrected chi connectivity index (χ0v) is 11.4. The number of halogens is 1. The molecule has 106 valence electrons. The predicted octanol–water partition coefficient (Wildman–Crippen LogP) is 3.01. The molecule has 0 spiro atoms. The fourth-order valence-corrected chi connectivity index (χ4v) is 1.83. The fraction of sp³-hybridized carbons (Fsp3) is 0.357. The summed E-state index contributed by atoms with van der Waals surface area (Å²) in [5, 5.41) is 12.8. The van der Waals surface area contributed by atoms with Gasteiger partial charge in [-0.3, -0.25) is 4.79 Å². The van der Waals surface area contributed by atoms with Crippen LogP contribution in [0.1, 0.15) is 31.2 Å². The van der Waals surface area contributed by atoms with E-state index >= 15 is 0 Å². The van der Waals surface area contributed by atoms with Crippen LogP contribution in [0.15, 0.2) is 22.7 Å². The van der Waals surface area contributed by atoms with Crippen molar-refractivity contribution in [3.8, 4) is 11.4 Å². The van der Waals surface area contributed by atoms with Crippen molar-refractivity contribution in [3.05, 3.63) is 35.5 Å². The number of aryl methyl sites for hydroxylation is 1. The van der Waals surface area contributed by atoms with E-state index in [1.807, 2.05) is 0 Å². The lowest BCUT2D eigenvalue weighted by Gasteiger charge is -2.10. The summed E-state index contributed by atoms with van der Waals surface area (Å²) in [5.74, 6) is -1.87. The Hall–Kier alpha value is -2.24. The molecule has 6 heteroatoms.